The summed E-state index contributed by atoms with van der Waals surface area (Å²) in [6.45, 7) is 6.39. The summed E-state index contributed by atoms with van der Waals surface area (Å²) >= 11 is 1.57. The molecule has 2 rings (SSSR count). The van der Waals surface area contributed by atoms with Gasteiger partial charge in [0.05, 0.1) is 12.1 Å². The van der Waals surface area contributed by atoms with E-state index in [4.69, 9.17) is 5.11 Å². The lowest BCUT2D eigenvalue weighted by Gasteiger charge is -2.14. The second-order valence-corrected chi connectivity index (χ2v) is 6.54. The summed E-state index contributed by atoms with van der Waals surface area (Å²) in [7, 11) is 0. The van der Waals surface area contributed by atoms with Crippen LogP contribution in [0.4, 0.5) is 10.8 Å². The van der Waals surface area contributed by atoms with Gasteiger partial charge in [0.2, 0.25) is 0 Å². The maximum Gasteiger partial charge on any atom is 0.307 e. The fraction of sp³-hybridized carbons (Fsp3) is 0.333. The summed E-state index contributed by atoms with van der Waals surface area (Å²) in [5.41, 5.74) is 2.81. The molecule has 1 aromatic carbocycles. The van der Waals surface area contributed by atoms with E-state index in [1.165, 1.54) is 0 Å². The number of nitrogens with one attached hydrogen (secondary N) is 1. The molecule has 0 amide bonds. The average Bonchev–Trinajstić information content (AvgIpc) is 2.79. The molecule has 2 N–H and O–H groups in total. The number of nitrogens with zero attached hydrogens (tertiary/aromatic N) is 1. The quantitative estimate of drug-likeness (QED) is 0.898. The Morgan fingerprint density at radius 1 is 1.30 bits per heavy atom. The molecule has 5 heteroatoms. The second kappa shape index (κ2) is 5.63. The van der Waals surface area contributed by atoms with Crippen LogP contribution in [0, 0.1) is 0 Å². The number of benzene rings is 1. The lowest BCUT2D eigenvalue weighted by molar-refractivity contribution is -0.136. The standard InChI is InChI=1S/C15H18N2O2S/c1-15(2,3)12-9-20-14(17-12)16-11-6-4-10(5-7-11)8-13(18)19/h4-7,9H,8H2,1-3H3,(H,16,17)(H,18,19). The van der Waals surface area contributed by atoms with E-state index in [9.17, 15) is 4.79 Å². The van der Waals surface area contributed by atoms with Crippen LogP contribution in [0.15, 0.2) is 29.6 Å². The largest absolute Gasteiger partial charge is 0.481 e. The van der Waals surface area contributed by atoms with Crippen molar-refractivity contribution in [2.75, 3.05) is 5.32 Å². The number of anilines is 2. The number of hydrogen-bond donors (Lipinski definition) is 2. The Morgan fingerprint density at radius 2 is 1.95 bits per heavy atom. The summed E-state index contributed by atoms with van der Waals surface area (Å²) in [6, 6.07) is 7.37. The van der Waals surface area contributed by atoms with Crippen LogP contribution in [0.25, 0.3) is 0 Å². The van der Waals surface area contributed by atoms with Crippen LogP contribution in [0.5, 0.6) is 0 Å². The third-order valence-electron chi connectivity index (χ3n) is 2.83. The van der Waals surface area contributed by atoms with Crippen molar-refractivity contribution in [1.82, 2.24) is 4.98 Å². The number of thiazole rings is 1. The summed E-state index contributed by atoms with van der Waals surface area (Å²) in [5, 5.41) is 14.9. The topological polar surface area (TPSA) is 62.2 Å². The molecule has 0 saturated heterocycles. The molecule has 0 aliphatic rings. The fourth-order valence-corrected chi connectivity index (χ4v) is 2.64. The van der Waals surface area contributed by atoms with Crippen LogP contribution in [0.2, 0.25) is 0 Å². The minimum atomic E-state index is -0.819. The molecule has 0 radical (unpaired) electrons. The third kappa shape index (κ3) is 3.81. The fourth-order valence-electron chi connectivity index (χ4n) is 1.68. The maximum atomic E-state index is 10.6. The number of aliphatic carboxylic acids is 1. The molecular formula is C15H18N2O2S. The Labute approximate surface area is 122 Å². The molecule has 1 heterocycles. The molecule has 1 aromatic heterocycles. The van der Waals surface area contributed by atoms with Crippen molar-refractivity contribution in [2.45, 2.75) is 32.6 Å². The van der Waals surface area contributed by atoms with Crippen molar-refractivity contribution in [3.63, 3.8) is 0 Å². The third-order valence-corrected chi connectivity index (χ3v) is 3.59. The molecule has 20 heavy (non-hydrogen) atoms. The molecule has 0 unspecified atom stereocenters. The number of carbonyl (C=O) groups is 1. The Hall–Kier alpha value is -1.88. The maximum absolute atomic E-state index is 10.6. The van der Waals surface area contributed by atoms with Gasteiger partial charge in [-0.1, -0.05) is 32.9 Å². The smallest absolute Gasteiger partial charge is 0.307 e. The Balaban J connectivity index is 2.06. The molecule has 106 valence electrons. The zero-order chi connectivity index (χ0) is 14.8. The minimum absolute atomic E-state index is 0.0434. The van der Waals surface area contributed by atoms with Gasteiger partial charge in [-0.15, -0.1) is 11.3 Å². The van der Waals surface area contributed by atoms with E-state index in [-0.39, 0.29) is 11.8 Å². The predicted octanol–water partition coefficient (Wildman–Crippen LogP) is 3.81. The van der Waals surface area contributed by atoms with Crippen molar-refractivity contribution in [2.24, 2.45) is 0 Å². The highest BCUT2D eigenvalue weighted by atomic mass is 32.1. The Morgan fingerprint density at radius 3 is 2.45 bits per heavy atom. The van der Waals surface area contributed by atoms with Gasteiger partial charge >= 0.3 is 5.97 Å². The molecule has 0 atom stereocenters. The molecule has 0 aliphatic heterocycles. The van der Waals surface area contributed by atoms with Gasteiger partial charge in [-0.3, -0.25) is 4.79 Å². The van der Waals surface area contributed by atoms with E-state index in [2.05, 4.69) is 36.5 Å². The van der Waals surface area contributed by atoms with E-state index < -0.39 is 5.97 Å². The van der Waals surface area contributed by atoms with E-state index in [1.807, 2.05) is 24.3 Å². The number of carboxylic acid groups (broad SMARTS) is 1. The molecule has 0 saturated carbocycles. The van der Waals surface area contributed by atoms with Gasteiger partial charge in [-0.2, -0.15) is 0 Å². The van der Waals surface area contributed by atoms with Crippen LogP contribution in [-0.2, 0) is 16.6 Å². The number of carboxylic acids is 1. The molecule has 2 aromatic rings. The summed E-state index contributed by atoms with van der Waals surface area (Å²) in [4.78, 5) is 15.2. The average molecular weight is 290 g/mol. The first-order chi connectivity index (χ1) is 9.34. The molecule has 0 bridgehead atoms. The van der Waals surface area contributed by atoms with Crippen LogP contribution in [-0.4, -0.2) is 16.1 Å². The van der Waals surface area contributed by atoms with Gasteiger partial charge < -0.3 is 10.4 Å². The molecule has 0 fully saturated rings. The summed E-state index contributed by atoms with van der Waals surface area (Å²) < 4.78 is 0. The van der Waals surface area contributed by atoms with Gasteiger partial charge in [0, 0.05) is 16.5 Å². The molecular weight excluding hydrogens is 272 g/mol. The van der Waals surface area contributed by atoms with Crippen molar-refractivity contribution in [3.05, 3.63) is 40.9 Å². The monoisotopic (exact) mass is 290 g/mol. The SMILES string of the molecule is CC(C)(C)c1csc(Nc2ccc(CC(=O)O)cc2)n1. The number of hydrogen-bond acceptors (Lipinski definition) is 4. The first-order valence-electron chi connectivity index (χ1n) is 6.38. The van der Waals surface area contributed by atoms with Gasteiger partial charge in [-0.05, 0) is 17.7 Å². The van der Waals surface area contributed by atoms with E-state index in [0.717, 1.165) is 22.1 Å². The predicted molar refractivity (Wildman–Crippen MR) is 81.9 cm³/mol. The first kappa shape index (κ1) is 14.5. The molecule has 0 aliphatic carbocycles. The van der Waals surface area contributed by atoms with Crippen LogP contribution in [0.1, 0.15) is 32.0 Å². The molecule has 0 spiro atoms. The summed E-state index contributed by atoms with van der Waals surface area (Å²) in [6.07, 6.45) is 0.0473. The highest BCUT2D eigenvalue weighted by Gasteiger charge is 2.17. The zero-order valence-corrected chi connectivity index (χ0v) is 12.6. The van der Waals surface area contributed by atoms with Crippen molar-refractivity contribution >= 4 is 28.1 Å². The first-order valence-corrected chi connectivity index (χ1v) is 7.26. The van der Waals surface area contributed by atoms with Crippen molar-refractivity contribution in [3.8, 4) is 0 Å². The highest BCUT2D eigenvalue weighted by molar-refractivity contribution is 7.13. The lowest BCUT2D eigenvalue weighted by Crippen LogP contribution is -2.11. The van der Waals surface area contributed by atoms with Crippen LogP contribution < -0.4 is 5.32 Å². The normalized spacial score (nSPS) is 11.3. The van der Waals surface area contributed by atoms with Crippen LogP contribution >= 0.6 is 11.3 Å². The van der Waals surface area contributed by atoms with Crippen molar-refractivity contribution < 1.29 is 9.90 Å². The van der Waals surface area contributed by atoms with Crippen molar-refractivity contribution in [1.29, 1.82) is 0 Å². The van der Waals surface area contributed by atoms with Crippen LogP contribution in [0.3, 0.4) is 0 Å². The Kier molecular flexibility index (Phi) is 4.09. The van der Waals surface area contributed by atoms with E-state index in [0.29, 0.717) is 0 Å². The second-order valence-electron chi connectivity index (χ2n) is 5.68. The number of aromatic nitrogens is 1. The lowest BCUT2D eigenvalue weighted by atomic mass is 9.93. The van der Waals surface area contributed by atoms with Gasteiger partial charge in [0.15, 0.2) is 5.13 Å². The van der Waals surface area contributed by atoms with Gasteiger partial charge in [0.25, 0.3) is 0 Å². The molecule has 4 nitrogen and oxygen atoms in total. The Bertz CT molecular complexity index is 597. The van der Waals surface area contributed by atoms with Gasteiger partial charge in [0.1, 0.15) is 0 Å². The minimum Gasteiger partial charge on any atom is -0.481 e. The van der Waals surface area contributed by atoms with E-state index >= 15 is 0 Å². The van der Waals surface area contributed by atoms with Gasteiger partial charge in [-0.25, -0.2) is 4.98 Å². The highest BCUT2D eigenvalue weighted by Crippen LogP contribution is 2.28. The zero-order valence-electron chi connectivity index (χ0n) is 11.8. The van der Waals surface area contributed by atoms with E-state index in [1.54, 1.807) is 11.3 Å². The number of rotatable bonds is 4. The summed E-state index contributed by atoms with van der Waals surface area (Å²) in [5.74, 6) is -0.819.